The van der Waals surface area contributed by atoms with E-state index in [2.05, 4.69) is 17.6 Å². The van der Waals surface area contributed by atoms with E-state index in [1.807, 2.05) is 44.2 Å². The molecule has 110 valence electrons. The van der Waals surface area contributed by atoms with E-state index < -0.39 is 6.04 Å². The van der Waals surface area contributed by atoms with Crippen molar-refractivity contribution < 1.29 is 9.59 Å². The Morgan fingerprint density at radius 3 is 2.20 bits per heavy atom. The fourth-order valence-corrected chi connectivity index (χ4v) is 2.02. The number of hydrogen-bond donors (Lipinski definition) is 2. The highest BCUT2D eigenvalue weighted by Gasteiger charge is 2.23. The second-order valence-electron chi connectivity index (χ2n) is 5.48. The topological polar surface area (TPSA) is 58.2 Å². The average molecular weight is 276 g/mol. The summed E-state index contributed by atoms with van der Waals surface area (Å²) in [5, 5.41) is 5.61. The van der Waals surface area contributed by atoms with Crippen molar-refractivity contribution in [2.45, 2.75) is 39.7 Å². The van der Waals surface area contributed by atoms with Crippen LogP contribution in [0, 0.1) is 5.92 Å². The van der Waals surface area contributed by atoms with Crippen LogP contribution in [0.1, 0.15) is 39.2 Å². The van der Waals surface area contributed by atoms with Crippen LogP contribution in [0.3, 0.4) is 0 Å². The Balaban J connectivity index is 2.55. The molecule has 4 nitrogen and oxygen atoms in total. The Bertz CT molecular complexity index is 443. The van der Waals surface area contributed by atoms with Gasteiger partial charge >= 0.3 is 0 Å². The maximum absolute atomic E-state index is 12.1. The lowest BCUT2D eigenvalue weighted by molar-refractivity contribution is -0.129. The summed E-state index contributed by atoms with van der Waals surface area (Å²) in [6.07, 6.45) is 0. The van der Waals surface area contributed by atoms with Gasteiger partial charge in [-0.05, 0) is 17.4 Å². The Hall–Kier alpha value is -1.84. The second kappa shape index (κ2) is 7.68. The average Bonchev–Trinajstić information content (AvgIpc) is 2.42. The van der Waals surface area contributed by atoms with Gasteiger partial charge in [-0.2, -0.15) is 0 Å². The first-order valence-corrected chi connectivity index (χ1v) is 7.01. The standard InChI is InChI=1S/C16H24N2O2/c1-11(2)15(18-13(4)19)16(20)17-10-12(3)14-8-6-5-7-9-14/h5-9,11-12,15H,10H2,1-4H3,(H,17,20)(H,18,19)/t12-,15-/m1/s1. The van der Waals surface area contributed by atoms with Crippen molar-refractivity contribution in [1.29, 1.82) is 0 Å². The van der Waals surface area contributed by atoms with E-state index in [0.717, 1.165) is 0 Å². The molecule has 4 heteroatoms. The number of amides is 2. The summed E-state index contributed by atoms with van der Waals surface area (Å²) >= 11 is 0. The molecule has 20 heavy (non-hydrogen) atoms. The quantitative estimate of drug-likeness (QED) is 0.835. The molecule has 1 rings (SSSR count). The van der Waals surface area contributed by atoms with Gasteiger partial charge in [-0.3, -0.25) is 9.59 Å². The number of nitrogens with one attached hydrogen (secondary N) is 2. The number of hydrogen-bond acceptors (Lipinski definition) is 2. The fourth-order valence-electron chi connectivity index (χ4n) is 2.02. The summed E-state index contributed by atoms with van der Waals surface area (Å²) in [4.78, 5) is 23.3. The van der Waals surface area contributed by atoms with Crippen molar-refractivity contribution >= 4 is 11.8 Å². The van der Waals surface area contributed by atoms with Gasteiger partial charge in [-0.25, -0.2) is 0 Å². The van der Waals surface area contributed by atoms with Gasteiger partial charge in [0.25, 0.3) is 0 Å². The monoisotopic (exact) mass is 276 g/mol. The Morgan fingerprint density at radius 1 is 1.10 bits per heavy atom. The van der Waals surface area contributed by atoms with Gasteiger partial charge in [0.15, 0.2) is 0 Å². The highest BCUT2D eigenvalue weighted by molar-refractivity contribution is 5.87. The van der Waals surface area contributed by atoms with E-state index >= 15 is 0 Å². The molecule has 0 aliphatic carbocycles. The van der Waals surface area contributed by atoms with Gasteiger partial charge in [-0.15, -0.1) is 0 Å². The molecule has 0 saturated carbocycles. The largest absolute Gasteiger partial charge is 0.354 e. The molecule has 0 spiro atoms. The van der Waals surface area contributed by atoms with Crippen molar-refractivity contribution in [2.24, 2.45) is 5.92 Å². The SMILES string of the molecule is CC(=O)N[C@@H](C(=O)NC[C@@H](C)c1ccccc1)C(C)C. The van der Waals surface area contributed by atoms with E-state index in [-0.39, 0.29) is 23.7 Å². The second-order valence-corrected chi connectivity index (χ2v) is 5.48. The third-order valence-corrected chi connectivity index (χ3v) is 3.26. The third kappa shape index (κ3) is 5.03. The van der Waals surface area contributed by atoms with Crippen LogP contribution in [0.5, 0.6) is 0 Å². The summed E-state index contributed by atoms with van der Waals surface area (Å²) < 4.78 is 0. The van der Waals surface area contributed by atoms with Crippen molar-refractivity contribution in [3.05, 3.63) is 35.9 Å². The van der Waals surface area contributed by atoms with Crippen molar-refractivity contribution in [3.8, 4) is 0 Å². The molecule has 0 aromatic heterocycles. The van der Waals surface area contributed by atoms with Crippen LogP contribution < -0.4 is 10.6 Å². The highest BCUT2D eigenvalue weighted by atomic mass is 16.2. The molecule has 0 bridgehead atoms. The minimum atomic E-state index is -0.476. The van der Waals surface area contributed by atoms with Crippen LogP contribution in [-0.4, -0.2) is 24.4 Å². The first-order valence-electron chi connectivity index (χ1n) is 7.01. The summed E-state index contributed by atoms with van der Waals surface area (Å²) in [6.45, 7) is 7.89. The molecule has 0 fully saturated rings. The molecule has 2 atom stereocenters. The normalized spacial score (nSPS) is 13.7. The van der Waals surface area contributed by atoms with Gasteiger partial charge in [0, 0.05) is 13.5 Å². The minimum Gasteiger partial charge on any atom is -0.354 e. The number of carbonyl (C=O) groups is 2. The van der Waals surface area contributed by atoms with Crippen LogP contribution in [0.4, 0.5) is 0 Å². The first kappa shape index (κ1) is 16.2. The molecule has 0 radical (unpaired) electrons. The molecule has 0 unspecified atom stereocenters. The van der Waals surface area contributed by atoms with E-state index in [1.165, 1.54) is 12.5 Å². The number of rotatable bonds is 6. The molecule has 1 aromatic carbocycles. The van der Waals surface area contributed by atoms with Gasteiger partial charge in [0.2, 0.25) is 11.8 Å². The van der Waals surface area contributed by atoms with Crippen molar-refractivity contribution in [2.75, 3.05) is 6.54 Å². The zero-order chi connectivity index (χ0) is 15.1. The van der Waals surface area contributed by atoms with E-state index in [9.17, 15) is 9.59 Å². The lowest BCUT2D eigenvalue weighted by atomic mass is 10.00. The molecule has 2 N–H and O–H groups in total. The van der Waals surface area contributed by atoms with Crippen molar-refractivity contribution in [3.63, 3.8) is 0 Å². The summed E-state index contributed by atoms with van der Waals surface area (Å²) in [5.74, 6) is -0.0100. The maximum atomic E-state index is 12.1. The molecule has 0 aliphatic rings. The molecule has 2 amide bonds. The van der Waals surface area contributed by atoms with Crippen LogP contribution >= 0.6 is 0 Å². The molecule has 1 aromatic rings. The Morgan fingerprint density at radius 2 is 1.70 bits per heavy atom. The molecule has 0 aliphatic heterocycles. The summed E-state index contributed by atoms with van der Waals surface area (Å²) in [7, 11) is 0. The van der Waals surface area contributed by atoms with Crippen LogP contribution in [0.2, 0.25) is 0 Å². The molecular weight excluding hydrogens is 252 g/mol. The number of carbonyl (C=O) groups excluding carboxylic acids is 2. The van der Waals surface area contributed by atoms with E-state index in [4.69, 9.17) is 0 Å². The zero-order valence-electron chi connectivity index (χ0n) is 12.6. The van der Waals surface area contributed by atoms with Crippen molar-refractivity contribution in [1.82, 2.24) is 10.6 Å². The van der Waals surface area contributed by atoms with Crippen LogP contribution in [0.15, 0.2) is 30.3 Å². The third-order valence-electron chi connectivity index (χ3n) is 3.26. The minimum absolute atomic E-state index is 0.0610. The predicted octanol–water partition coefficient (Wildman–Crippen LogP) is 2.07. The van der Waals surface area contributed by atoms with Crippen LogP contribution in [-0.2, 0) is 9.59 Å². The summed E-state index contributed by atoms with van der Waals surface area (Å²) in [6, 6.07) is 9.56. The van der Waals surface area contributed by atoms with E-state index in [1.54, 1.807) is 0 Å². The summed E-state index contributed by atoms with van der Waals surface area (Å²) in [5.41, 5.74) is 1.19. The van der Waals surface area contributed by atoms with E-state index in [0.29, 0.717) is 6.54 Å². The van der Waals surface area contributed by atoms with Gasteiger partial charge < -0.3 is 10.6 Å². The first-order chi connectivity index (χ1) is 9.41. The fraction of sp³-hybridized carbons (Fsp3) is 0.500. The lowest BCUT2D eigenvalue weighted by Crippen LogP contribution is -2.49. The Labute approximate surface area is 121 Å². The van der Waals surface area contributed by atoms with Gasteiger partial charge in [0.1, 0.15) is 6.04 Å². The molecule has 0 heterocycles. The predicted molar refractivity (Wildman–Crippen MR) is 80.3 cm³/mol. The Kier molecular flexibility index (Phi) is 6.22. The smallest absolute Gasteiger partial charge is 0.242 e. The van der Waals surface area contributed by atoms with Crippen LogP contribution in [0.25, 0.3) is 0 Å². The maximum Gasteiger partial charge on any atom is 0.242 e. The highest BCUT2D eigenvalue weighted by Crippen LogP contribution is 2.13. The zero-order valence-corrected chi connectivity index (χ0v) is 12.6. The number of benzene rings is 1. The lowest BCUT2D eigenvalue weighted by Gasteiger charge is -2.22. The van der Waals surface area contributed by atoms with Gasteiger partial charge in [-0.1, -0.05) is 51.1 Å². The molecular formula is C16H24N2O2. The molecule has 0 saturated heterocycles. The van der Waals surface area contributed by atoms with Gasteiger partial charge in [0.05, 0.1) is 0 Å².